The van der Waals surface area contributed by atoms with E-state index in [1.807, 2.05) is 86.2 Å². The first-order chi connectivity index (χ1) is 16.2. The minimum Gasteiger partial charge on any atom is -0.508 e. The van der Waals surface area contributed by atoms with Gasteiger partial charge in [-0.05, 0) is 123 Å². The molecular weight excluding hydrogens is 428 g/mol. The average molecular weight is 457 g/mol. The summed E-state index contributed by atoms with van der Waals surface area (Å²) >= 11 is 0. The molecule has 0 spiro atoms. The summed E-state index contributed by atoms with van der Waals surface area (Å²) in [7, 11) is 0. The molecule has 6 nitrogen and oxygen atoms in total. The van der Waals surface area contributed by atoms with Crippen LogP contribution in [0.2, 0.25) is 0 Å². The molecule has 4 N–H and O–H groups in total. The van der Waals surface area contributed by atoms with Crippen molar-refractivity contribution in [2.45, 2.75) is 27.7 Å². The molecule has 0 bridgehead atoms. The Hall–Kier alpha value is -4.32. The molecule has 0 aromatic heterocycles. The molecule has 0 saturated carbocycles. The maximum absolute atomic E-state index is 10.2. The van der Waals surface area contributed by atoms with Crippen LogP contribution in [0.15, 0.2) is 72.8 Å². The molecule has 0 aliphatic rings. The van der Waals surface area contributed by atoms with Crippen LogP contribution in [0.3, 0.4) is 0 Å². The Morgan fingerprint density at radius 2 is 0.588 bits per heavy atom. The molecule has 0 atom stereocenters. The van der Waals surface area contributed by atoms with Gasteiger partial charge in [-0.15, -0.1) is 0 Å². The van der Waals surface area contributed by atoms with E-state index in [9.17, 15) is 20.4 Å². The van der Waals surface area contributed by atoms with Crippen LogP contribution in [0.25, 0.3) is 0 Å². The molecule has 174 valence electrons. The summed E-state index contributed by atoms with van der Waals surface area (Å²) in [6.45, 7) is 7.33. The van der Waals surface area contributed by atoms with Crippen molar-refractivity contribution < 1.29 is 20.4 Å². The lowest BCUT2D eigenvalue weighted by atomic mass is 10.1. The third kappa shape index (κ3) is 4.30. The third-order valence-corrected chi connectivity index (χ3v) is 5.90. The summed E-state index contributed by atoms with van der Waals surface area (Å²) in [6.07, 6.45) is 0. The van der Waals surface area contributed by atoms with E-state index in [4.69, 9.17) is 0 Å². The van der Waals surface area contributed by atoms with Crippen molar-refractivity contribution in [1.29, 1.82) is 0 Å². The van der Waals surface area contributed by atoms with E-state index in [-0.39, 0.29) is 23.0 Å². The molecule has 0 heterocycles. The van der Waals surface area contributed by atoms with Crippen LogP contribution in [0.5, 0.6) is 23.0 Å². The Morgan fingerprint density at radius 1 is 0.382 bits per heavy atom. The second-order valence-corrected chi connectivity index (χ2v) is 8.51. The predicted octanol–water partition coefficient (Wildman–Crippen LogP) is 6.63. The number of phenolic OH excluding ortho intramolecular Hbond substituents is 4. The van der Waals surface area contributed by atoms with Crippen LogP contribution in [0.1, 0.15) is 22.3 Å². The van der Waals surface area contributed by atoms with Gasteiger partial charge in [0.25, 0.3) is 0 Å². The Labute approximate surface area is 199 Å². The van der Waals surface area contributed by atoms with Gasteiger partial charge in [-0.25, -0.2) is 10.0 Å². The highest BCUT2D eigenvalue weighted by Gasteiger charge is 2.23. The van der Waals surface area contributed by atoms with Crippen molar-refractivity contribution in [1.82, 2.24) is 0 Å². The first-order valence-corrected chi connectivity index (χ1v) is 10.9. The fourth-order valence-corrected chi connectivity index (χ4v) is 3.85. The molecule has 6 heteroatoms. The van der Waals surface area contributed by atoms with E-state index >= 15 is 0 Å². The largest absolute Gasteiger partial charge is 0.508 e. The van der Waals surface area contributed by atoms with Crippen molar-refractivity contribution in [2.75, 3.05) is 10.0 Å². The van der Waals surface area contributed by atoms with Crippen molar-refractivity contribution in [3.05, 3.63) is 95.1 Å². The van der Waals surface area contributed by atoms with Crippen LogP contribution >= 0.6 is 0 Å². The van der Waals surface area contributed by atoms with Crippen molar-refractivity contribution in [2.24, 2.45) is 0 Å². The molecular formula is C28H28N2O4. The fraction of sp³-hybridized carbons (Fsp3) is 0.143. The fourth-order valence-electron chi connectivity index (χ4n) is 3.85. The first-order valence-electron chi connectivity index (χ1n) is 10.9. The minimum absolute atomic E-state index is 0.193. The van der Waals surface area contributed by atoms with Gasteiger partial charge in [0.1, 0.15) is 23.0 Å². The van der Waals surface area contributed by atoms with Gasteiger partial charge in [-0.2, -0.15) is 0 Å². The zero-order valence-corrected chi connectivity index (χ0v) is 19.6. The van der Waals surface area contributed by atoms with E-state index in [2.05, 4.69) is 0 Å². The molecule has 4 aromatic carbocycles. The second-order valence-electron chi connectivity index (χ2n) is 8.51. The average Bonchev–Trinajstić information content (AvgIpc) is 2.80. The Morgan fingerprint density at radius 3 is 0.765 bits per heavy atom. The van der Waals surface area contributed by atoms with Gasteiger partial charge in [-0.1, -0.05) is 0 Å². The lowest BCUT2D eigenvalue weighted by molar-refractivity contribution is 0.470. The van der Waals surface area contributed by atoms with Crippen molar-refractivity contribution >= 4 is 22.7 Å². The summed E-state index contributed by atoms with van der Waals surface area (Å²) in [5.74, 6) is 0.771. The zero-order valence-electron chi connectivity index (χ0n) is 19.6. The Balaban J connectivity index is 2.03. The number of anilines is 4. The van der Waals surface area contributed by atoms with Gasteiger partial charge in [0.15, 0.2) is 0 Å². The summed E-state index contributed by atoms with van der Waals surface area (Å²) < 4.78 is 0. The predicted molar refractivity (Wildman–Crippen MR) is 136 cm³/mol. The molecule has 0 unspecified atom stereocenters. The number of aryl methyl sites for hydroxylation is 4. The standard InChI is InChI=1S/C28H28N2O4/c1-17-13-21(5-9-25(17)31)29(22-6-10-26(32)18(2)14-22)30(23-7-11-27(33)19(3)15-23)24-8-12-28(34)20(4)16-24/h5-16,31-34H,1-4H3. The normalized spacial score (nSPS) is 10.8. The molecule has 0 amide bonds. The maximum atomic E-state index is 10.2. The number of aromatic hydroxyl groups is 4. The van der Waals surface area contributed by atoms with E-state index in [0.717, 1.165) is 22.7 Å². The zero-order chi connectivity index (χ0) is 24.6. The lowest BCUT2D eigenvalue weighted by Gasteiger charge is -2.39. The van der Waals surface area contributed by atoms with Gasteiger partial charge in [0, 0.05) is 0 Å². The Bertz CT molecular complexity index is 1160. The van der Waals surface area contributed by atoms with Crippen molar-refractivity contribution in [3.63, 3.8) is 0 Å². The van der Waals surface area contributed by atoms with Gasteiger partial charge in [0.05, 0.1) is 22.7 Å². The summed E-state index contributed by atoms with van der Waals surface area (Å²) in [5, 5.41) is 44.6. The Kier molecular flexibility index (Phi) is 5.99. The SMILES string of the molecule is Cc1cc(N(c2ccc(O)c(C)c2)N(c2ccc(O)c(C)c2)c2ccc(O)c(C)c2)ccc1O. The minimum atomic E-state index is 0.193. The molecule has 0 aliphatic carbocycles. The summed E-state index contributed by atoms with van der Waals surface area (Å²) in [4.78, 5) is 0. The quantitative estimate of drug-likeness (QED) is 0.252. The van der Waals surface area contributed by atoms with Crippen LogP contribution in [-0.4, -0.2) is 20.4 Å². The summed E-state index contributed by atoms with van der Waals surface area (Å²) in [6, 6.07) is 21.4. The number of phenols is 4. The van der Waals surface area contributed by atoms with Crippen LogP contribution < -0.4 is 10.0 Å². The number of hydrogen-bond acceptors (Lipinski definition) is 6. The molecule has 4 aromatic rings. The highest BCUT2D eigenvalue weighted by molar-refractivity contribution is 5.79. The number of rotatable bonds is 5. The van der Waals surface area contributed by atoms with Gasteiger partial charge < -0.3 is 20.4 Å². The number of hydrazine groups is 1. The smallest absolute Gasteiger partial charge is 0.118 e. The first kappa shape index (κ1) is 22.9. The van der Waals surface area contributed by atoms with Crippen LogP contribution in [-0.2, 0) is 0 Å². The van der Waals surface area contributed by atoms with E-state index in [1.54, 1.807) is 24.3 Å². The number of nitrogens with zero attached hydrogens (tertiary/aromatic N) is 2. The number of benzene rings is 4. The number of hydrogen-bond donors (Lipinski definition) is 4. The van der Waals surface area contributed by atoms with Crippen molar-refractivity contribution in [3.8, 4) is 23.0 Å². The molecule has 4 rings (SSSR count). The van der Waals surface area contributed by atoms with E-state index < -0.39 is 0 Å². The van der Waals surface area contributed by atoms with E-state index in [1.165, 1.54) is 0 Å². The second kappa shape index (κ2) is 8.90. The summed E-state index contributed by atoms with van der Waals surface area (Å²) in [5.41, 5.74) is 5.94. The van der Waals surface area contributed by atoms with Crippen LogP contribution in [0.4, 0.5) is 22.7 Å². The highest BCUT2D eigenvalue weighted by atomic mass is 16.3. The van der Waals surface area contributed by atoms with E-state index in [0.29, 0.717) is 22.3 Å². The highest BCUT2D eigenvalue weighted by Crippen LogP contribution is 2.41. The van der Waals surface area contributed by atoms with Crippen LogP contribution in [0, 0.1) is 27.7 Å². The third-order valence-electron chi connectivity index (χ3n) is 5.90. The van der Waals surface area contributed by atoms with Gasteiger partial charge >= 0.3 is 0 Å². The monoisotopic (exact) mass is 456 g/mol. The molecule has 0 radical (unpaired) electrons. The maximum Gasteiger partial charge on any atom is 0.118 e. The van der Waals surface area contributed by atoms with Gasteiger partial charge in [0.2, 0.25) is 0 Å². The molecule has 0 aliphatic heterocycles. The molecule has 0 fully saturated rings. The molecule has 0 saturated heterocycles. The topological polar surface area (TPSA) is 87.4 Å². The lowest BCUT2D eigenvalue weighted by Crippen LogP contribution is -2.36. The molecule has 34 heavy (non-hydrogen) atoms. The van der Waals surface area contributed by atoms with Gasteiger partial charge in [-0.3, -0.25) is 0 Å².